The number of sulfonamides is 1. The van der Waals surface area contributed by atoms with E-state index < -0.39 is 46.6 Å². The number of urea groups is 1. The molecule has 188 valence electrons. The number of rotatable bonds is 9. The fourth-order valence-corrected chi connectivity index (χ4v) is 5.99. The molecule has 0 spiro atoms. The molecule has 35 heavy (non-hydrogen) atoms. The van der Waals surface area contributed by atoms with Crippen molar-refractivity contribution in [1.29, 1.82) is 0 Å². The Morgan fingerprint density at radius 3 is 2.34 bits per heavy atom. The quantitative estimate of drug-likeness (QED) is 0.382. The third kappa shape index (κ3) is 7.07. The molecule has 10 nitrogen and oxygen atoms in total. The molecule has 2 aromatic carbocycles. The van der Waals surface area contributed by atoms with Gasteiger partial charge in [0.1, 0.15) is 12.1 Å². The Labute approximate surface area is 212 Å². The van der Waals surface area contributed by atoms with Crippen LogP contribution in [0.25, 0.3) is 0 Å². The first-order valence-electron chi connectivity index (χ1n) is 10.6. The lowest BCUT2D eigenvalue weighted by atomic mass is 10.2. The normalized spacial score (nSPS) is 16.9. The van der Waals surface area contributed by atoms with Crippen molar-refractivity contribution < 1.29 is 27.9 Å². The summed E-state index contributed by atoms with van der Waals surface area (Å²) < 4.78 is 27.3. The van der Waals surface area contributed by atoms with E-state index in [1.807, 2.05) is 30.3 Å². The molecule has 0 aliphatic carbocycles. The van der Waals surface area contributed by atoms with E-state index in [9.17, 15) is 27.9 Å². The van der Waals surface area contributed by atoms with E-state index in [-0.39, 0.29) is 34.5 Å². The summed E-state index contributed by atoms with van der Waals surface area (Å²) in [5, 5.41) is 17.1. The Hall–Kier alpha value is -2.86. The van der Waals surface area contributed by atoms with Crippen LogP contribution in [0.5, 0.6) is 0 Å². The Morgan fingerprint density at radius 2 is 1.71 bits per heavy atom. The number of aliphatic carboxylic acids is 1. The molecule has 3 amide bonds. The van der Waals surface area contributed by atoms with Crippen LogP contribution in [0.3, 0.4) is 0 Å². The Balaban J connectivity index is 1.62. The lowest BCUT2D eigenvalue weighted by Crippen LogP contribution is -2.54. The van der Waals surface area contributed by atoms with E-state index in [0.717, 1.165) is 9.87 Å². The maximum absolute atomic E-state index is 13.1. The lowest BCUT2D eigenvalue weighted by Gasteiger charge is -2.25. The van der Waals surface area contributed by atoms with Crippen LogP contribution in [0.15, 0.2) is 53.4 Å². The van der Waals surface area contributed by atoms with Gasteiger partial charge in [-0.2, -0.15) is 4.31 Å². The molecule has 1 aliphatic heterocycles. The van der Waals surface area contributed by atoms with Crippen LogP contribution in [0.4, 0.5) is 4.79 Å². The van der Waals surface area contributed by atoms with Crippen molar-refractivity contribution in [3.05, 3.63) is 64.1 Å². The Bertz CT molecular complexity index is 1180. The predicted molar refractivity (Wildman–Crippen MR) is 130 cm³/mol. The van der Waals surface area contributed by atoms with E-state index in [0.29, 0.717) is 6.42 Å². The van der Waals surface area contributed by atoms with E-state index in [1.54, 1.807) is 0 Å². The van der Waals surface area contributed by atoms with Gasteiger partial charge in [-0.1, -0.05) is 53.5 Å². The molecule has 13 heteroatoms. The smallest absolute Gasteiger partial charge is 0.328 e. The number of carboxylic acid groups (broad SMARTS) is 1. The van der Waals surface area contributed by atoms with Gasteiger partial charge < -0.3 is 21.1 Å². The summed E-state index contributed by atoms with van der Waals surface area (Å²) in [5.41, 5.74) is 0.856. The molecule has 0 unspecified atom stereocenters. The standard InChI is InChI=1S/C22H24Cl2N4O6S/c23-15-9-16(24)11-17(10-15)35(33,34)28-8-4-7-19(28)20(29)27-18(21(30)31)13-26-22(32)25-12-14-5-2-1-3-6-14/h1-3,5-6,9-11,18-19H,4,7-8,12-13H2,(H,27,29)(H,30,31)(H2,25,26,32)/t18-,19-/m0/s1. The number of nitrogens with zero attached hydrogens (tertiary/aromatic N) is 1. The number of hydrogen-bond acceptors (Lipinski definition) is 5. The van der Waals surface area contributed by atoms with E-state index in [1.165, 1.54) is 18.2 Å². The van der Waals surface area contributed by atoms with Gasteiger partial charge >= 0.3 is 12.0 Å². The molecule has 1 fully saturated rings. The number of nitrogens with one attached hydrogen (secondary N) is 3. The van der Waals surface area contributed by atoms with E-state index in [4.69, 9.17) is 23.2 Å². The zero-order valence-corrected chi connectivity index (χ0v) is 20.7. The molecule has 1 heterocycles. The maximum Gasteiger partial charge on any atom is 0.328 e. The van der Waals surface area contributed by atoms with Gasteiger partial charge in [0, 0.05) is 23.1 Å². The van der Waals surface area contributed by atoms with Gasteiger partial charge in [0.15, 0.2) is 0 Å². The number of halogens is 2. The molecule has 0 radical (unpaired) electrons. The largest absolute Gasteiger partial charge is 0.480 e. The second-order valence-electron chi connectivity index (χ2n) is 7.83. The monoisotopic (exact) mass is 542 g/mol. The average Bonchev–Trinajstić information content (AvgIpc) is 3.31. The van der Waals surface area contributed by atoms with Crippen LogP contribution in [0.2, 0.25) is 10.0 Å². The molecular weight excluding hydrogens is 519 g/mol. The zero-order valence-electron chi connectivity index (χ0n) is 18.4. The molecule has 1 aliphatic rings. The molecule has 0 bridgehead atoms. The summed E-state index contributed by atoms with van der Waals surface area (Å²) in [6.45, 7) is -0.0906. The van der Waals surface area contributed by atoms with Gasteiger partial charge in [-0.05, 0) is 36.6 Å². The predicted octanol–water partition coefficient (Wildman–Crippen LogP) is 2.22. The number of amides is 3. The van der Waals surface area contributed by atoms with Gasteiger partial charge in [-0.25, -0.2) is 18.0 Å². The highest BCUT2D eigenvalue weighted by Crippen LogP contribution is 2.29. The molecule has 4 N–H and O–H groups in total. The van der Waals surface area contributed by atoms with Crippen molar-refractivity contribution in [3.63, 3.8) is 0 Å². The van der Waals surface area contributed by atoms with Crippen LogP contribution < -0.4 is 16.0 Å². The SMILES string of the molecule is O=C(NCc1ccccc1)NC[C@H](NC(=O)[C@@H]1CCCN1S(=O)(=O)c1cc(Cl)cc(Cl)c1)C(=O)O. The van der Waals surface area contributed by atoms with E-state index in [2.05, 4.69) is 16.0 Å². The first kappa shape index (κ1) is 26.7. The minimum atomic E-state index is -4.12. The van der Waals surface area contributed by atoms with Crippen LogP contribution in [-0.2, 0) is 26.2 Å². The summed E-state index contributed by atoms with van der Waals surface area (Å²) in [6, 6.07) is 9.76. The van der Waals surface area contributed by atoms with E-state index >= 15 is 0 Å². The summed E-state index contributed by atoms with van der Waals surface area (Å²) in [4.78, 5) is 36.4. The van der Waals surface area contributed by atoms with Crippen LogP contribution in [0.1, 0.15) is 18.4 Å². The highest BCUT2D eigenvalue weighted by molar-refractivity contribution is 7.89. The minimum absolute atomic E-state index is 0.0719. The number of hydrogen-bond donors (Lipinski definition) is 4. The van der Waals surface area contributed by atoms with Crippen molar-refractivity contribution in [2.75, 3.05) is 13.1 Å². The topological polar surface area (TPSA) is 145 Å². The zero-order chi connectivity index (χ0) is 25.6. The van der Waals surface area contributed by atoms with Gasteiger partial charge in [0.25, 0.3) is 0 Å². The molecule has 0 aromatic heterocycles. The lowest BCUT2D eigenvalue weighted by molar-refractivity contribution is -0.142. The fraction of sp³-hybridized carbons (Fsp3) is 0.318. The number of benzene rings is 2. The molecular formula is C22H24Cl2N4O6S. The molecule has 0 saturated carbocycles. The second-order valence-corrected chi connectivity index (χ2v) is 10.6. The van der Waals surface area contributed by atoms with Gasteiger partial charge in [-0.3, -0.25) is 4.79 Å². The maximum atomic E-state index is 13.1. The van der Waals surface area contributed by atoms with Crippen molar-refractivity contribution in [2.45, 2.75) is 36.4 Å². The average molecular weight is 543 g/mol. The Morgan fingerprint density at radius 1 is 1.06 bits per heavy atom. The van der Waals surface area contributed by atoms with Crippen molar-refractivity contribution >= 4 is 51.1 Å². The van der Waals surface area contributed by atoms with Gasteiger partial charge in [0.05, 0.1) is 11.4 Å². The third-order valence-electron chi connectivity index (χ3n) is 5.33. The summed E-state index contributed by atoms with van der Waals surface area (Å²) in [7, 11) is -4.12. The van der Waals surface area contributed by atoms with Crippen molar-refractivity contribution in [1.82, 2.24) is 20.3 Å². The van der Waals surface area contributed by atoms with Crippen LogP contribution in [0, 0.1) is 0 Å². The second kappa shape index (κ2) is 11.7. The molecule has 2 aromatic rings. The summed E-state index contributed by atoms with van der Waals surface area (Å²) >= 11 is 11.9. The number of carbonyl (C=O) groups excluding carboxylic acids is 2. The minimum Gasteiger partial charge on any atom is -0.480 e. The third-order valence-corrected chi connectivity index (χ3v) is 7.65. The van der Waals surface area contributed by atoms with Gasteiger partial charge in [-0.15, -0.1) is 0 Å². The van der Waals surface area contributed by atoms with Crippen molar-refractivity contribution in [2.24, 2.45) is 0 Å². The fourth-order valence-electron chi connectivity index (χ4n) is 3.61. The first-order chi connectivity index (χ1) is 16.6. The van der Waals surface area contributed by atoms with Crippen LogP contribution in [-0.4, -0.2) is 60.9 Å². The molecule has 1 saturated heterocycles. The number of carbonyl (C=O) groups is 3. The highest BCUT2D eigenvalue weighted by Gasteiger charge is 2.40. The summed E-state index contributed by atoms with van der Waals surface area (Å²) in [5.74, 6) is -2.16. The number of carboxylic acids is 1. The molecule has 3 rings (SSSR count). The van der Waals surface area contributed by atoms with Gasteiger partial charge in [0.2, 0.25) is 15.9 Å². The summed E-state index contributed by atoms with van der Waals surface area (Å²) in [6.07, 6.45) is 0.611. The van der Waals surface area contributed by atoms with Crippen LogP contribution >= 0.6 is 23.2 Å². The van der Waals surface area contributed by atoms with Crippen molar-refractivity contribution in [3.8, 4) is 0 Å². The molecule has 2 atom stereocenters. The Kier molecular flexibility index (Phi) is 8.95. The highest BCUT2D eigenvalue weighted by atomic mass is 35.5. The first-order valence-corrected chi connectivity index (χ1v) is 12.8.